The van der Waals surface area contributed by atoms with Crippen LogP contribution >= 0.6 is 7.82 Å². The van der Waals surface area contributed by atoms with E-state index in [0.717, 1.165) is 64.2 Å². The van der Waals surface area contributed by atoms with Gasteiger partial charge in [-0.25, -0.2) is 4.57 Å². The van der Waals surface area contributed by atoms with Crippen molar-refractivity contribution in [2.24, 2.45) is 0 Å². The Balaban J connectivity index is 4.12. The molecule has 0 aromatic heterocycles. The van der Waals surface area contributed by atoms with Crippen LogP contribution < -0.4 is 0 Å². The number of hydrogen-bond donors (Lipinski definition) is 2. The van der Waals surface area contributed by atoms with Crippen LogP contribution in [0, 0.1) is 0 Å². The summed E-state index contributed by atoms with van der Waals surface area (Å²) in [7, 11) is -4.77. The Morgan fingerprint density at radius 3 is 1.35 bits per heavy atom. The quantitative estimate of drug-likeness (QED) is 0.0309. The van der Waals surface area contributed by atoms with Crippen LogP contribution in [0.15, 0.2) is 72.9 Å². The van der Waals surface area contributed by atoms with Gasteiger partial charge in [-0.1, -0.05) is 138 Å². The molecule has 0 saturated heterocycles. The van der Waals surface area contributed by atoms with Crippen LogP contribution in [0.3, 0.4) is 0 Å². The van der Waals surface area contributed by atoms with Crippen LogP contribution in [0.5, 0.6) is 0 Å². The molecule has 0 aliphatic rings. The first-order chi connectivity index (χ1) is 23.3. The van der Waals surface area contributed by atoms with Gasteiger partial charge in [-0.2, -0.15) is 0 Å². The second kappa shape index (κ2) is 34.4. The maximum absolute atomic E-state index is 12.3. The summed E-state index contributed by atoms with van der Waals surface area (Å²) in [5.74, 6) is -0.954. The minimum Gasteiger partial charge on any atom is -0.462 e. The third-order valence-electron chi connectivity index (χ3n) is 7.32. The molecule has 1 atom stereocenters. The summed E-state index contributed by atoms with van der Waals surface area (Å²) < 4.78 is 26.2. The van der Waals surface area contributed by atoms with E-state index < -0.39 is 32.5 Å². The van der Waals surface area contributed by atoms with Gasteiger partial charge in [-0.15, -0.1) is 0 Å². The number of carbonyl (C=O) groups excluding carboxylic acids is 2. The van der Waals surface area contributed by atoms with Crippen molar-refractivity contribution < 1.29 is 37.9 Å². The molecule has 0 aromatic rings. The van der Waals surface area contributed by atoms with Gasteiger partial charge in [0.15, 0.2) is 6.10 Å². The fourth-order valence-corrected chi connectivity index (χ4v) is 4.91. The van der Waals surface area contributed by atoms with Crippen molar-refractivity contribution in [3.63, 3.8) is 0 Å². The average Bonchev–Trinajstić information content (AvgIpc) is 3.05. The van der Waals surface area contributed by atoms with Crippen LogP contribution in [0.1, 0.15) is 142 Å². The molecular weight excluding hydrogens is 627 g/mol. The van der Waals surface area contributed by atoms with Crippen molar-refractivity contribution in [3.8, 4) is 0 Å². The van der Waals surface area contributed by atoms with E-state index in [9.17, 15) is 14.2 Å². The van der Waals surface area contributed by atoms with Gasteiger partial charge in [-0.05, 0) is 64.2 Å². The Hall–Kier alpha value is -2.51. The molecule has 0 aliphatic carbocycles. The molecule has 8 nitrogen and oxygen atoms in total. The zero-order valence-corrected chi connectivity index (χ0v) is 30.7. The van der Waals surface area contributed by atoms with Crippen LogP contribution in [0.2, 0.25) is 0 Å². The molecule has 0 bridgehead atoms. The highest BCUT2D eigenvalue weighted by Crippen LogP contribution is 2.35. The summed E-state index contributed by atoms with van der Waals surface area (Å²) >= 11 is 0. The predicted molar refractivity (Wildman–Crippen MR) is 197 cm³/mol. The number of ether oxygens (including phenoxy) is 2. The van der Waals surface area contributed by atoms with E-state index >= 15 is 0 Å². The molecule has 0 saturated carbocycles. The Morgan fingerprint density at radius 2 is 0.938 bits per heavy atom. The van der Waals surface area contributed by atoms with Crippen LogP contribution in [-0.4, -0.2) is 41.0 Å². The molecule has 274 valence electrons. The zero-order chi connectivity index (χ0) is 35.4. The van der Waals surface area contributed by atoms with E-state index in [-0.39, 0.29) is 19.4 Å². The smallest absolute Gasteiger partial charge is 0.462 e. The van der Waals surface area contributed by atoms with Crippen molar-refractivity contribution in [1.82, 2.24) is 0 Å². The molecule has 0 aromatic carbocycles. The molecule has 0 rings (SSSR count). The van der Waals surface area contributed by atoms with Crippen LogP contribution in [0.4, 0.5) is 0 Å². The number of unbranched alkanes of at least 4 members (excludes halogenated alkanes) is 14. The first-order valence-corrected chi connectivity index (χ1v) is 19.8. The predicted octanol–water partition coefficient (Wildman–Crippen LogP) is 10.7. The lowest BCUT2D eigenvalue weighted by molar-refractivity contribution is -0.161. The van der Waals surface area contributed by atoms with E-state index in [2.05, 4.69) is 73.1 Å². The zero-order valence-electron chi connectivity index (χ0n) is 29.9. The van der Waals surface area contributed by atoms with Gasteiger partial charge in [0.25, 0.3) is 0 Å². The molecular formula is C39H65O8P. The number of carbonyl (C=O) groups is 2. The lowest BCUT2D eigenvalue weighted by Crippen LogP contribution is -2.29. The molecule has 0 radical (unpaired) electrons. The lowest BCUT2D eigenvalue weighted by Gasteiger charge is -2.18. The Kier molecular flexibility index (Phi) is 32.6. The van der Waals surface area contributed by atoms with Crippen molar-refractivity contribution in [1.29, 1.82) is 0 Å². The highest BCUT2D eigenvalue weighted by Gasteiger charge is 2.22. The minimum atomic E-state index is -4.77. The molecule has 0 spiro atoms. The summed E-state index contributed by atoms with van der Waals surface area (Å²) in [6, 6.07) is 0. The Labute approximate surface area is 291 Å². The van der Waals surface area contributed by atoms with Gasteiger partial charge in [0.2, 0.25) is 0 Å². The molecule has 0 unspecified atom stereocenters. The number of phosphoric acid groups is 1. The summed E-state index contributed by atoms with van der Waals surface area (Å²) in [6.45, 7) is 3.54. The van der Waals surface area contributed by atoms with Gasteiger partial charge in [-0.3, -0.25) is 14.1 Å². The SMILES string of the molecule is CCCCCC=CC=CC=CCCCCCCC(=O)OC[C@H](COP(=O)(O)O)OC(=O)CCCCCCC=CC=CC=CCCCCC. The normalized spacial score (nSPS) is 13.3. The molecule has 9 heteroatoms. The maximum Gasteiger partial charge on any atom is 0.469 e. The molecule has 2 N–H and O–H groups in total. The molecule has 0 amide bonds. The van der Waals surface area contributed by atoms with Gasteiger partial charge in [0, 0.05) is 12.8 Å². The van der Waals surface area contributed by atoms with Gasteiger partial charge < -0.3 is 19.3 Å². The summed E-state index contributed by atoms with van der Waals surface area (Å²) in [5, 5.41) is 0. The fraction of sp³-hybridized carbons (Fsp3) is 0.641. The van der Waals surface area contributed by atoms with Crippen molar-refractivity contribution >= 4 is 19.8 Å². The number of phosphoric ester groups is 1. The summed E-state index contributed by atoms with van der Waals surface area (Å²) in [4.78, 5) is 42.6. The van der Waals surface area contributed by atoms with Gasteiger partial charge in [0.1, 0.15) is 6.61 Å². The van der Waals surface area contributed by atoms with Crippen LogP contribution in [-0.2, 0) is 28.2 Å². The third kappa shape index (κ3) is 36.3. The van der Waals surface area contributed by atoms with E-state index in [1.807, 2.05) is 18.2 Å². The summed E-state index contributed by atoms with van der Waals surface area (Å²) in [6.07, 6.45) is 43.3. The standard InChI is InChI=1S/C39H65O8P/c1-3-5-7-9-11-13-15-17-19-21-23-25-27-29-31-33-38(40)45-35-37(36-46-48(42,43)44)47-39(41)34-32-30-28-26-24-22-20-18-16-14-12-10-8-6-4-2/h11-22,37H,3-10,23-36H2,1-2H3,(H2,42,43,44)/t37-/m1/s1. The average molecular weight is 693 g/mol. The second-order valence-corrected chi connectivity index (χ2v) is 13.2. The second-order valence-electron chi connectivity index (χ2n) is 12.0. The maximum atomic E-state index is 12.3. The van der Waals surface area contributed by atoms with E-state index in [1.165, 1.54) is 38.5 Å². The van der Waals surface area contributed by atoms with Crippen LogP contribution in [0.25, 0.3) is 0 Å². The van der Waals surface area contributed by atoms with Gasteiger partial charge in [0.05, 0.1) is 6.61 Å². The van der Waals surface area contributed by atoms with E-state index in [1.54, 1.807) is 0 Å². The molecule has 0 heterocycles. The van der Waals surface area contributed by atoms with Crippen molar-refractivity contribution in [2.75, 3.05) is 13.2 Å². The largest absolute Gasteiger partial charge is 0.469 e. The first-order valence-electron chi connectivity index (χ1n) is 18.3. The number of allylic oxidation sites excluding steroid dienone is 12. The van der Waals surface area contributed by atoms with E-state index in [0.29, 0.717) is 12.8 Å². The first kappa shape index (κ1) is 45.5. The highest BCUT2D eigenvalue weighted by molar-refractivity contribution is 7.46. The van der Waals surface area contributed by atoms with E-state index in [4.69, 9.17) is 19.3 Å². The van der Waals surface area contributed by atoms with Gasteiger partial charge >= 0.3 is 19.8 Å². The fourth-order valence-electron chi connectivity index (χ4n) is 4.55. The monoisotopic (exact) mass is 692 g/mol. The van der Waals surface area contributed by atoms with Crippen molar-refractivity contribution in [2.45, 2.75) is 148 Å². The Morgan fingerprint density at radius 1 is 0.542 bits per heavy atom. The van der Waals surface area contributed by atoms with Crippen molar-refractivity contribution in [3.05, 3.63) is 72.9 Å². The minimum absolute atomic E-state index is 0.172. The highest BCUT2D eigenvalue weighted by atomic mass is 31.2. The topological polar surface area (TPSA) is 119 Å². The number of rotatable bonds is 32. The molecule has 0 aliphatic heterocycles. The molecule has 48 heavy (non-hydrogen) atoms. The number of hydrogen-bond acceptors (Lipinski definition) is 6. The molecule has 0 fully saturated rings. The lowest BCUT2D eigenvalue weighted by atomic mass is 10.1. The third-order valence-corrected chi connectivity index (χ3v) is 7.81. The number of esters is 2. The Bertz CT molecular complexity index is 1010. The summed E-state index contributed by atoms with van der Waals surface area (Å²) in [5.41, 5.74) is 0.